The van der Waals surface area contributed by atoms with Gasteiger partial charge >= 0.3 is 11.9 Å². The zero-order valence-corrected chi connectivity index (χ0v) is 67.5. The molecular formula is C95H75N11O22. The van der Waals surface area contributed by atoms with Crippen LogP contribution in [0, 0.1) is 17.0 Å². The number of methoxy groups -OCH3 is 2. The van der Waals surface area contributed by atoms with Crippen molar-refractivity contribution in [3.05, 3.63) is 355 Å². The summed E-state index contributed by atoms with van der Waals surface area (Å²) < 4.78 is 9.62. The van der Waals surface area contributed by atoms with Gasteiger partial charge in [-0.15, -0.1) is 0 Å². The number of aromatic hydroxyl groups is 10. The van der Waals surface area contributed by atoms with Crippen LogP contribution in [-0.4, -0.2) is 148 Å². The fourth-order valence-corrected chi connectivity index (χ4v) is 12.2. The van der Waals surface area contributed by atoms with Gasteiger partial charge in [0.2, 0.25) is 0 Å². The van der Waals surface area contributed by atoms with Crippen molar-refractivity contribution in [2.45, 2.75) is 6.92 Å². The van der Waals surface area contributed by atoms with Crippen molar-refractivity contribution >= 4 is 132 Å². The van der Waals surface area contributed by atoms with Gasteiger partial charge in [-0.25, -0.2) is 36.7 Å². The molecule has 16 N–H and O–H groups in total. The second-order valence-corrected chi connectivity index (χ2v) is 27.3. The van der Waals surface area contributed by atoms with Crippen molar-refractivity contribution in [2.24, 2.45) is 25.5 Å². The number of carboxylic acid groups (broad SMARTS) is 1. The molecule has 0 aliphatic heterocycles. The quantitative estimate of drug-likeness (QED) is 0.0155. The van der Waals surface area contributed by atoms with E-state index in [1.165, 1.54) is 106 Å². The number of carbonyl (C=O) groups is 7. The lowest BCUT2D eigenvalue weighted by Gasteiger charge is -2.06. The zero-order chi connectivity index (χ0) is 91.7. The topological polar surface area (TPSA) is 526 Å². The first-order valence-electron chi connectivity index (χ1n) is 37.9. The maximum absolute atomic E-state index is 12.3. The summed E-state index contributed by atoms with van der Waals surface area (Å²) in [5.74, 6) is -5.66. The van der Waals surface area contributed by atoms with Crippen LogP contribution in [-0.2, 0) is 4.74 Å². The summed E-state index contributed by atoms with van der Waals surface area (Å²) in [5.41, 5.74) is 13.9. The second-order valence-electron chi connectivity index (χ2n) is 27.3. The first kappa shape index (κ1) is 90.2. The number of hydrogen-bond donors (Lipinski definition) is 16. The number of aromatic carboxylic acids is 1. The average Bonchev–Trinajstić information content (AvgIpc) is 0.822. The van der Waals surface area contributed by atoms with E-state index in [2.05, 4.69) is 57.4 Å². The van der Waals surface area contributed by atoms with E-state index in [9.17, 15) is 94.7 Å². The number of non-ortho nitro benzene ring substituents is 1. The highest BCUT2D eigenvalue weighted by molar-refractivity contribution is 6.07. The number of phenols is 10. The minimum Gasteiger partial charge on any atom is -0.507 e. The van der Waals surface area contributed by atoms with Crippen LogP contribution in [0.25, 0.3) is 53.9 Å². The van der Waals surface area contributed by atoms with E-state index >= 15 is 0 Å². The number of hydrazone groups is 5. The van der Waals surface area contributed by atoms with E-state index in [1.807, 2.05) is 109 Å². The summed E-state index contributed by atoms with van der Waals surface area (Å²) in [6.07, 6.45) is 6.06. The van der Waals surface area contributed by atoms with E-state index in [-0.39, 0.29) is 119 Å². The second kappa shape index (κ2) is 42.1. The molecule has 0 bridgehead atoms. The van der Waals surface area contributed by atoms with Gasteiger partial charge < -0.3 is 65.6 Å². The normalized spacial score (nSPS) is 10.9. The number of fused-ring (bicyclic) bond motifs is 5. The molecule has 128 heavy (non-hydrogen) atoms. The Balaban J connectivity index is 0.000000155. The summed E-state index contributed by atoms with van der Waals surface area (Å²) >= 11 is 0. The number of nitro groups is 1. The highest BCUT2D eigenvalue weighted by Gasteiger charge is 2.20. The van der Waals surface area contributed by atoms with Crippen molar-refractivity contribution in [2.75, 3.05) is 14.2 Å². The van der Waals surface area contributed by atoms with E-state index in [1.54, 1.807) is 79.7 Å². The van der Waals surface area contributed by atoms with Crippen LogP contribution < -0.4 is 31.9 Å². The van der Waals surface area contributed by atoms with Crippen molar-refractivity contribution < 1.29 is 104 Å². The van der Waals surface area contributed by atoms with Gasteiger partial charge in [-0.3, -0.25) is 34.1 Å². The molecule has 0 fully saturated rings. The Morgan fingerprint density at radius 3 is 0.891 bits per heavy atom. The maximum atomic E-state index is 12.3. The standard InChI is InChI=1S/C20H16N2O5.C19H14N2O5.C19H16N2O4.C19H16N2O3.C18H13N3O5/c1-27-20(26)14-6-7-17(23)15(8-14)11-21-22-19(25)16-9-12-4-2-3-5-13(12)10-18(16)24;22-16-6-5-13(19(25)26)7-14(16)10-20-21-18(24)15-8-11-3-1-2-4-12(11)9-17(15)23;1-25-17-8-4-7-14(18(17)23)11-20-21-19(24)15-9-12-5-2-3-6-13(12)10-16(15)22;1-12-5-4-8-15(18(12)23)11-20-21-19(24)16-9-13-6-2-3-7-14(13)10-17(16)22;22-16-6-5-14(21(25)26)7-13(16)10-19-20-18(24)15-8-11-3-1-2-4-12(11)9-17(15)23/h2-11,23-24H,1H3,(H,22,25);1-10,22-23H,(H,21,24)(H,25,26);2-11,22-23H,1H3,(H,21,24);2-11,22-23H,1H3,(H,21,24);1-10,22-23H,(H,20,24)/b21-11+;20-10+;2*20-11+;19-10+. The molecule has 33 heteroatoms. The zero-order valence-electron chi connectivity index (χ0n) is 67.5. The van der Waals surface area contributed by atoms with Crippen molar-refractivity contribution in [3.63, 3.8) is 0 Å². The number of aryl methyl sites for hydroxylation is 1. The Labute approximate surface area is 725 Å². The van der Waals surface area contributed by atoms with E-state index < -0.39 is 46.4 Å². The maximum Gasteiger partial charge on any atom is 0.337 e. The van der Waals surface area contributed by atoms with Crippen molar-refractivity contribution in [1.29, 1.82) is 0 Å². The minimum absolute atomic E-state index is 0.0252. The SMILES string of the molecule is COC(=O)c1ccc(O)c(/C=N/NC(=O)c2cc3ccccc3cc2O)c1.COc1cccc(/C=N/NC(=O)c2cc3ccccc3cc2O)c1O.Cc1cccc(/C=N/NC(=O)c2cc3ccccc3cc2O)c1O.O=C(N/N=C/c1cc([N+](=O)[O-])ccc1O)c1cc2ccccc2cc1O.O=C(O)c1ccc(O)c(/C=N/NC(=O)c2cc3ccccc3cc2O)c1. The van der Waals surface area contributed by atoms with Gasteiger partial charge in [-0.2, -0.15) is 25.5 Å². The molecular weight excluding hydrogens is 1650 g/mol. The molecule has 0 aliphatic carbocycles. The molecule has 33 nitrogen and oxygen atoms in total. The highest BCUT2D eigenvalue weighted by Crippen LogP contribution is 2.33. The third kappa shape index (κ3) is 23.1. The molecule has 15 rings (SSSR count). The molecule has 15 aromatic rings. The summed E-state index contributed by atoms with van der Waals surface area (Å²) in [7, 11) is 2.69. The molecule has 0 radical (unpaired) electrons. The largest absolute Gasteiger partial charge is 0.507 e. The Morgan fingerprint density at radius 2 is 0.586 bits per heavy atom. The highest BCUT2D eigenvalue weighted by atomic mass is 16.6. The van der Waals surface area contributed by atoms with Crippen LogP contribution in [0.3, 0.4) is 0 Å². The Hall–Kier alpha value is -18.6. The molecule has 0 atom stereocenters. The number of amides is 5. The van der Waals surface area contributed by atoms with Crippen LogP contribution in [0.5, 0.6) is 63.2 Å². The van der Waals surface area contributed by atoms with Gasteiger partial charge in [0.1, 0.15) is 51.7 Å². The first-order valence-corrected chi connectivity index (χ1v) is 37.9. The lowest BCUT2D eigenvalue weighted by molar-refractivity contribution is -0.384. The minimum atomic E-state index is -1.15. The lowest BCUT2D eigenvalue weighted by Crippen LogP contribution is -2.17. The first-order chi connectivity index (χ1) is 61.6. The number of para-hydroxylation sites is 2. The predicted molar refractivity (Wildman–Crippen MR) is 480 cm³/mol. The predicted octanol–water partition coefficient (Wildman–Crippen LogP) is 14.8. The smallest absolute Gasteiger partial charge is 0.337 e. The number of nitro benzene ring substituents is 1. The molecule has 0 unspecified atom stereocenters. The number of esters is 1. The van der Waals surface area contributed by atoms with E-state index in [0.29, 0.717) is 16.9 Å². The van der Waals surface area contributed by atoms with E-state index in [4.69, 9.17) is 9.84 Å². The number of carboxylic acids is 1. The Bertz CT molecular complexity index is 6810. The van der Waals surface area contributed by atoms with Gasteiger partial charge in [0, 0.05) is 39.9 Å². The molecule has 0 aromatic heterocycles. The van der Waals surface area contributed by atoms with Crippen molar-refractivity contribution in [3.8, 4) is 63.2 Å². The molecule has 15 aromatic carbocycles. The third-order valence-electron chi connectivity index (χ3n) is 18.9. The Morgan fingerprint density at radius 1 is 0.312 bits per heavy atom. The third-order valence-corrected chi connectivity index (χ3v) is 18.9. The average molecular weight is 1720 g/mol. The van der Waals surface area contributed by atoms with Gasteiger partial charge in [0.15, 0.2) is 11.5 Å². The van der Waals surface area contributed by atoms with Gasteiger partial charge in [-0.1, -0.05) is 140 Å². The fourth-order valence-electron chi connectivity index (χ4n) is 12.2. The number of phenolic OH excluding ortho intramolecular Hbond substituents is 10. The summed E-state index contributed by atoms with van der Waals surface area (Å²) in [5, 5.41) is 146. The number of ether oxygens (including phenoxy) is 2. The summed E-state index contributed by atoms with van der Waals surface area (Å²) in [6, 6.07) is 73.4. The van der Waals surface area contributed by atoms with E-state index in [0.717, 1.165) is 90.1 Å². The van der Waals surface area contributed by atoms with Crippen LogP contribution in [0.15, 0.2) is 298 Å². The molecule has 0 heterocycles. The number of benzene rings is 15. The van der Waals surface area contributed by atoms with Gasteiger partial charge in [0.25, 0.3) is 35.2 Å². The monoisotopic (exact) mass is 1720 g/mol. The molecule has 642 valence electrons. The molecule has 0 spiro atoms. The van der Waals surface area contributed by atoms with Gasteiger partial charge in [0.05, 0.1) is 89.2 Å². The molecule has 0 saturated carbocycles. The van der Waals surface area contributed by atoms with Crippen molar-refractivity contribution in [1.82, 2.24) is 27.1 Å². The Kier molecular flexibility index (Phi) is 29.7. The number of nitrogens with zero attached hydrogens (tertiary/aromatic N) is 6. The van der Waals surface area contributed by atoms with Crippen LogP contribution in [0.1, 0.15) is 106 Å². The molecule has 5 amide bonds. The van der Waals surface area contributed by atoms with Gasteiger partial charge in [-0.05, 0) is 188 Å². The number of carbonyl (C=O) groups excluding carboxylic acids is 6. The summed E-state index contributed by atoms with van der Waals surface area (Å²) in [4.78, 5) is 93.8. The number of hydrogen-bond acceptors (Lipinski definition) is 26. The number of nitrogens with one attached hydrogen (secondary N) is 5. The fraction of sp³-hybridized carbons (Fsp3) is 0.0316. The number of rotatable bonds is 19. The van der Waals surface area contributed by atoms with Crippen LogP contribution in [0.4, 0.5) is 5.69 Å². The van der Waals surface area contributed by atoms with Crippen LogP contribution >= 0.6 is 0 Å². The molecule has 0 saturated heterocycles. The van der Waals surface area contributed by atoms with Crippen LogP contribution in [0.2, 0.25) is 0 Å². The molecule has 0 aliphatic rings. The summed E-state index contributed by atoms with van der Waals surface area (Å²) in [6.45, 7) is 1.78. The lowest BCUT2D eigenvalue weighted by atomic mass is 10.1.